The van der Waals surface area contributed by atoms with Gasteiger partial charge in [0, 0.05) is 11.8 Å². The number of nitrogens with one attached hydrogen (secondary N) is 3. The van der Waals surface area contributed by atoms with Crippen LogP contribution in [0.3, 0.4) is 0 Å². The molecular formula is C18H17N3O6S. The molecule has 1 unspecified atom stereocenters. The normalized spacial score (nSPS) is 21.0. The van der Waals surface area contributed by atoms with E-state index in [1.54, 1.807) is 31.2 Å². The summed E-state index contributed by atoms with van der Waals surface area (Å²) < 4.78 is 38.8. The number of carbonyl (C=O) groups excluding carboxylic acids is 2. The van der Waals surface area contributed by atoms with Crippen molar-refractivity contribution in [2.75, 3.05) is 17.9 Å². The van der Waals surface area contributed by atoms with Crippen molar-refractivity contribution in [2.24, 2.45) is 0 Å². The predicted octanol–water partition coefficient (Wildman–Crippen LogP) is 1.31. The minimum absolute atomic E-state index is 0.0141. The third-order valence-electron chi connectivity index (χ3n) is 4.56. The molecule has 1 atom stereocenters. The van der Waals surface area contributed by atoms with Crippen LogP contribution in [0.2, 0.25) is 0 Å². The van der Waals surface area contributed by atoms with Crippen LogP contribution >= 0.6 is 0 Å². The second-order valence-corrected chi connectivity index (χ2v) is 8.21. The highest BCUT2D eigenvalue weighted by Crippen LogP contribution is 2.33. The number of ether oxygens (including phenoxy) is 2. The molecule has 0 bridgehead atoms. The van der Waals surface area contributed by atoms with Crippen molar-refractivity contribution in [1.82, 2.24) is 10.6 Å². The SMILES string of the molecule is CC1(c2cccc(NS(=O)(=O)c3ccc4c(c3)OCCO4)c2)NC(=O)NC1=O. The highest BCUT2D eigenvalue weighted by molar-refractivity contribution is 7.92. The molecule has 4 rings (SSSR count). The fraction of sp³-hybridized carbons (Fsp3) is 0.222. The van der Waals surface area contributed by atoms with Crippen LogP contribution in [0.5, 0.6) is 11.5 Å². The van der Waals surface area contributed by atoms with Crippen LogP contribution in [-0.2, 0) is 20.4 Å². The van der Waals surface area contributed by atoms with Crippen LogP contribution in [0, 0.1) is 0 Å². The Hall–Kier alpha value is -3.27. The quantitative estimate of drug-likeness (QED) is 0.662. The second kappa shape index (κ2) is 6.41. The third kappa shape index (κ3) is 3.11. The molecule has 28 heavy (non-hydrogen) atoms. The van der Waals surface area contributed by atoms with E-state index in [0.717, 1.165) is 0 Å². The van der Waals surface area contributed by atoms with Crippen molar-refractivity contribution in [3.8, 4) is 11.5 Å². The number of imide groups is 1. The van der Waals surface area contributed by atoms with Gasteiger partial charge in [-0.15, -0.1) is 0 Å². The van der Waals surface area contributed by atoms with Gasteiger partial charge in [-0.1, -0.05) is 12.1 Å². The summed E-state index contributed by atoms with van der Waals surface area (Å²) >= 11 is 0. The molecule has 0 spiro atoms. The van der Waals surface area contributed by atoms with Gasteiger partial charge in [-0.2, -0.15) is 0 Å². The van der Waals surface area contributed by atoms with Crippen LogP contribution in [0.1, 0.15) is 12.5 Å². The maximum atomic E-state index is 12.8. The van der Waals surface area contributed by atoms with Gasteiger partial charge in [-0.3, -0.25) is 14.8 Å². The van der Waals surface area contributed by atoms with Crippen molar-refractivity contribution in [2.45, 2.75) is 17.4 Å². The average molecular weight is 403 g/mol. The molecule has 0 radical (unpaired) electrons. The summed E-state index contributed by atoms with van der Waals surface area (Å²) in [4.78, 5) is 23.6. The number of fused-ring (bicyclic) bond motifs is 1. The van der Waals surface area contributed by atoms with Crippen LogP contribution in [0.15, 0.2) is 47.4 Å². The molecule has 3 N–H and O–H groups in total. The van der Waals surface area contributed by atoms with Gasteiger partial charge >= 0.3 is 6.03 Å². The summed E-state index contributed by atoms with van der Waals surface area (Å²) in [5.74, 6) is 0.341. The number of rotatable bonds is 4. The molecular weight excluding hydrogens is 386 g/mol. The summed E-state index contributed by atoms with van der Waals surface area (Å²) in [6.45, 7) is 2.30. The van der Waals surface area contributed by atoms with Crippen molar-refractivity contribution in [1.29, 1.82) is 0 Å². The van der Waals surface area contributed by atoms with Gasteiger partial charge in [0.15, 0.2) is 11.5 Å². The Morgan fingerprint density at radius 3 is 2.50 bits per heavy atom. The Bertz CT molecular complexity index is 1080. The molecule has 2 aliphatic heterocycles. The molecule has 1 saturated heterocycles. The van der Waals surface area contributed by atoms with Crippen LogP contribution in [-0.4, -0.2) is 33.6 Å². The zero-order valence-corrected chi connectivity index (χ0v) is 15.6. The predicted molar refractivity (Wildman–Crippen MR) is 98.7 cm³/mol. The largest absolute Gasteiger partial charge is 0.486 e. The van der Waals surface area contributed by atoms with Crippen molar-refractivity contribution < 1.29 is 27.5 Å². The van der Waals surface area contributed by atoms with Crippen molar-refractivity contribution >= 4 is 27.6 Å². The number of carbonyl (C=O) groups is 2. The molecule has 9 nitrogen and oxygen atoms in total. The number of hydrogen-bond donors (Lipinski definition) is 3. The van der Waals surface area contributed by atoms with Gasteiger partial charge in [0.25, 0.3) is 15.9 Å². The number of amides is 3. The van der Waals surface area contributed by atoms with E-state index in [-0.39, 0.29) is 10.6 Å². The maximum absolute atomic E-state index is 12.8. The first-order valence-corrected chi connectivity index (χ1v) is 9.93. The lowest BCUT2D eigenvalue weighted by Gasteiger charge is -2.22. The maximum Gasteiger partial charge on any atom is 0.322 e. The van der Waals surface area contributed by atoms with Crippen LogP contribution < -0.4 is 24.8 Å². The Kier molecular flexibility index (Phi) is 4.15. The van der Waals surface area contributed by atoms with Gasteiger partial charge in [-0.25, -0.2) is 13.2 Å². The van der Waals surface area contributed by atoms with Gasteiger partial charge in [0.1, 0.15) is 18.8 Å². The monoisotopic (exact) mass is 403 g/mol. The van der Waals surface area contributed by atoms with E-state index in [2.05, 4.69) is 15.4 Å². The molecule has 1 fully saturated rings. The lowest BCUT2D eigenvalue weighted by atomic mass is 9.92. The Labute approximate surface area is 161 Å². The molecule has 2 aromatic carbocycles. The lowest BCUT2D eigenvalue weighted by Crippen LogP contribution is -2.40. The van der Waals surface area contributed by atoms with Gasteiger partial charge in [0.05, 0.1) is 4.90 Å². The smallest absolute Gasteiger partial charge is 0.322 e. The van der Waals surface area contributed by atoms with E-state index in [1.165, 1.54) is 18.2 Å². The average Bonchev–Trinajstić information content (AvgIpc) is 2.94. The number of hydrogen-bond acceptors (Lipinski definition) is 6. The summed E-state index contributed by atoms with van der Waals surface area (Å²) in [6, 6.07) is 10.0. The van der Waals surface area contributed by atoms with Gasteiger partial charge < -0.3 is 14.8 Å². The van der Waals surface area contributed by atoms with Crippen molar-refractivity contribution in [3.63, 3.8) is 0 Å². The molecule has 2 aliphatic rings. The summed E-state index contributed by atoms with van der Waals surface area (Å²) in [7, 11) is -3.90. The van der Waals surface area contributed by atoms with Gasteiger partial charge in [-0.05, 0) is 36.8 Å². The van der Waals surface area contributed by atoms with Crippen LogP contribution in [0.25, 0.3) is 0 Å². The van der Waals surface area contributed by atoms with E-state index in [9.17, 15) is 18.0 Å². The van der Waals surface area contributed by atoms with Crippen molar-refractivity contribution in [3.05, 3.63) is 48.0 Å². The molecule has 3 amide bonds. The van der Waals surface area contributed by atoms with E-state index >= 15 is 0 Å². The highest BCUT2D eigenvalue weighted by atomic mass is 32.2. The minimum Gasteiger partial charge on any atom is -0.486 e. The highest BCUT2D eigenvalue weighted by Gasteiger charge is 2.43. The Morgan fingerprint density at radius 1 is 1.04 bits per heavy atom. The number of benzene rings is 2. The van der Waals surface area contributed by atoms with Crippen LogP contribution in [0.4, 0.5) is 10.5 Å². The summed E-state index contributed by atoms with van der Waals surface area (Å²) in [6.07, 6.45) is 0. The lowest BCUT2D eigenvalue weighted by molar-refractivity contribution is -0.123. The first kappa shape index (κ1) is 18.1. The summed E-state index contributed by atoms with van der Waals surface area (Å²) in [5.41, 5.74) is -0.587. The fourth-order valence-electron chi connectivity index (χ4n) is 3.05. The summed E-state index contributed by atoms with van der Waals surface area (Å²) in [5, 5.41) is 4.72. The number of anilines is 1. The third-order valence-corrected chi connectivity index (χ3v) is 5.94. The molecule has 0 saturated carbocycles. The fourth-order valence-corrected chi connectivity index (χ4v) is 4.11. The van der Waals surface area contributed by atoms with E-state index in [0.29, 0.717) is 30.3 Å². The molecule has 2 aromatic rings. The standard InChI is InChI=1S/C18H17N3O6S/c1-18(16(22)19-17(23)20-18)11-3-2-4-12(9-11)21-28(24,25)13-5-6-14-15(10-13)27-8-7-26-14/h2-6,9-10,21H,7-8H2,1H3,(H2,19,20,22,23). The minimum atomic E-state index is -3.90. The first-order valence-electron chi connectivity index (χ1n) is 8.44. The molecule has 0 aliphatic carbocycles. The van der Waals surface area contributed by atoms with E-state index in [4.69, 9.17) is 9.47 Å². The zero-order valence-electron chi connectivity index (χ0n) is 14.8. The Balaban J connectivity index is 1.62. The Morgan fingerprint density at radius 2 is 1.79 bits per heavy atom. The topological polar surface area (TPSA) is 123 Å². The van der Waals surface area contributed by atoms with E-state index in [1.807, 2.05) is 0 Å². The molecule has 0 aromatic heterocycles. The molecule has 146 valence electrons. The molecule has 10 heteroatoms. The van der Waals surface area contributed by atoms with E-state index < -0.39 is 27.5 Å². The number of sulfonamides is 1. The second-order valence-electron chi connectivity index (χ2n) is 6.53. The number of urea groups is 1. The zero-order chi connectivity index (χ0) is 19.9. The first-order chi connectivity index (χ1) is 13.3. The van der Waals surface area contributed by atoms with Gasteiger partial charge in [0.2, 0.25) is 0 Å². The molecule has 2 heterocycles.